The van der Waals surface area contributed by atoms with E-state index in [0.717, 1.165) is 19.5 Å². The molecule has 0 aromatic carbocycles. The topological polar surface area (TPSA) is 38.8 Å². The molecule has 0 aromatic heterocycles. The van der Waals surface area contributed by atoms with E-state index < -0.39 is 13.9 Å². The quantitative estimate of drug-likeness (QED) is 0.677. The predicted octanol–water partition coefficient (Wildman–Crippen LogP) is 4.78. The molecule has 1 aliphatic heterocycles. The first-order valence-electron chi connectivity index (χ1n) is 9.09. The lowest BCUT2D eigenvalue weighted by molar-refractivity contribution is 0.0284. The molecule has 0 spiro atoms. The standard InChI is InChI=1S/C18H33NO3Si/c1-7-23(8-2,9-3)22-16-10-14-12-19(13-15(14)11-16)17(20)21-18(4,5)6/h10,14-15H,7-9,11-13H2,1-6H3. The van der Waals surface area contributed by atoms with Gasteiger partial charge >= 0.3 is 6.09 Å². The van der Waals surface area contributed by atoms with E-state index in [1.807, 2.05) is 25.7 Å². The molecule has 4 nitrogen and oxygen atoms in total. The summed E-state index contributed by atoms with van der Waals surface area (Å²) in [5.41, 5.74) is -0.423. The van der Waals surface area contributed by atoms with Crippen LogP contribution in [0.3, 0.4) is 0 Å². The van der Waals surface area contributed by atoms with Gasteiger partial charge in [-0.3, -0.25) is 0 Å². The summed E-state index contributed by atoms with van der Waals surface area (Å²) in [5, 5.41) is 0. The van der Waals surface area contributed by atoms with Crippen LogP contribution in [0.15, 0.2) is 11.8 Å². The van der Waals surface area contributed by atoms with Gasteiger partial charge in [0.25, 0.3) is 0 Å². The van der Waals surface area contributed by atoms with Crippen molar-refractivity contribution in [2.45, 2.75) is 71.7 Å². The molecule has 2 rings (SSSR count). The lowest BCUT2D eigenvalue weighted by Crippen LogP contribution is -2.36. The van der Waals surface area contributed by atoms with E-state index in [0.29, 0.717) is 11.8 Å². The van der Waals surface area contributed by atoms with E-state index in [4.69, 9.17) is 9.16 Å². The second-order valence-electron chi connectivity index (χ2n) is 7.99. The maximum absolute atomic E-state index is 12.2. The fourth-order valence-corrected chi connectivity index (χ4v) is 6.30. The average Bonchev–Trinajstić information content (AvgIpc) is 3.01. The minimum absolute atomic E-state index is 0.179. The molecule has 1 aliphatic carbocycles. The summed E-state index contributed by atoms with van der Waals surface area (Å²) in [7, 11) is -1.57. The van der Waals surface area contributed by atoms with Crippen molar-refractivity contribution < 1.29 is 14.0 Å². The van der Waals surface area contributed by atoms with E-state index in [9.17, 15) is 4.79 Å². The SMILES string of the molecule is CC[Si](CC)(CC)OC1=CC2CN(C(=O)OC(C)(C)C)CC2C1. The fourth-order valence-electron chi connectivity index (χ4n) is 3.66. The van der Waals surface area contributed by atoms with Gasteiger partial charge in [0.2, 0.25) is 8.32 Å². The van der Waals surface area contributed by atoms with Gasteiger partial charge in [0, 0.05) is 25.4 Å². The Kier molecular flexibility index (Phi) is 5.49. The second kappa shape index (κ2) is 6.87. The van der Waals surface area contributed by atoms with Crippen molar-refractivity contribution in [3.63, 3.8) is 0 Å². The van der Waals surface area contributed by atoms with Gasteiger partial charge in [-0.2, -0.15) is 0 Å². The molecule has 132 valence electrons. The Morgan fingerprint density at radius 3 is 2.30 bits per heavy atom. The first-order valence-corrected chi connectivity index (χ1v) is 11.6. The Morgan fingerprint density at radius 2 is 1.83 bits per heavy atom. The third kappa shape index (κ3) is 4.31. The van der Waals surface area contributed by atoms with Crippen LogP contribution in [-0.4, -0.2) is 38.0 Å². The van der Waals surface area contributed by atoms with Gasteiger partial charge < -0.3 is 14.1 Å². The lowest BCUT2D eigenvalue weighted by Gasteiger charge is -2.30. The van der Waals surface area contributed by atoms with E-state index in [1.165, 1.54) is 23.9 Å². The van der Waals surface area contributed by atoms with E-state index >= 15 is 0 Å². The minimum atomic E-state index is -1.57. The van der Waals surface area contributed by atoms with Crippen LogP contribution in [0, 0.1) is 11.8 Å². The molecule has 0 radical (unpaired) electrons. The number of carbonyl (C=O) groups is 1. The number of fused-ring (bicyclic) bond motifs is 1. The summed E-state index contributed by atoms with van der Waals surface area (Å²) in [6, 6.07) is 3.53. The second-order valence-corrected chi connectivity index (χ2v) is 12.7. The highest BCUT2D eigenvalue weighted by Crippen LogP contribution is 2.40. The normalized spacial score (nSPS) is 24.4. The van der Waals surface area contributed by atoms with Gasteiger partial charge in [-0.05, 0) is 50.9 Å². The summed E-state index contributed by atoms with van der Waals surface area (Å²) < 4.78 is 12.0. The summed E-state index contributed by atoms with van der Waals surface area (Å²) >= 11 is 0. The van der Waals surface area contributed by atoms with Crippen molar-refractivity contribution in [3.8, 4) is 0 Å². The van der Waals surface area contributed by atoms with Crippen molar-refractivity contribution >= 4 is 14.4 Å². The van der Waals surface area contributed by atoms with Crippen LogP contribution < -0.4 is 0 Å². The zero-order valence-electron chi connectivity index (χ0n) is 15.6. The average molecular weight is 340 g/mol. The van der Waals surface area contributed by atoms with E-state index in [1.54, 1.807) is 0 Å². The Balaban J connectivity index is 1.94. The van der Waals surface area contributed by atoms with Crippen LogP contribution in [0.1, 0.15) is 48.0 Å². The number of nitrogens with zero attached hydrogens (tertiary/aromatic N) is 1. The van der Waals surface area contributed by atoms with Crippen LogP contribution in [0.25, 0.3) is 0 Å². The third-order valence-electron chi connectivity index (χ3n) is 5.29. The first kappa shape index (κ1) is 18.4. The zero-order chi connectivity index (χ0) is 17.3. The number of amides is 1. The number of likely N-dealkylation sites (tertiary alicyclic amines) is 1. The number of hydrogen-bond acceptors (Lipinski definition) is 3. The molecule has 23 heavy (non-hydrogen) atoms. The van der Waals surface area contributed by atoms with Crippen LogP contribution >= 0.6 is 0 Å². The van der Waals surface area contributed by atoms with E-state index in [-0.39, 0.29) is 6.09 Å². The summed E-state index contributed by atoms with van der Waals surface area (Å²) in [5.74, 6) is 2.14. The highest BCUT2D eigenvalue weighted by molar-refractivity contribution is 6.73. The highest BCUT2D eigenvalue weighted by Gasteiger charge is 2.42. The number of ether oxygens (including phenoxy) is 1. The number of carbonyl (C=O) groups excluding carboxylic acids is 1. The molecule has 1 fully saturated rings. The minimum Gasteiger partial charge on any atom is -0.547 e. The summed E-state index contributed by atoms with van der Waals surface area (Å²) in [6.07, 6.45) is 3.10. The number of hydrogen-bond donors (Lipinski definition) is 0. The largest absolute Gasteiger partial charge is 0.547 e. The fraction of sp³-hybridized carbons (Fsp3) is 0.833. The van der Waals surface area contributed by atoms with E-state index in [2.05, 4.69) is 26.8 Å². The molecular weight excluding hydrogens is 306 g/mol. The molecule has 2 aliphatic rings. The first-order chi connectivity index (χ1) is 10.7. The Hall–Kier alpha value is -0.973. The summed E-state index contributed by atoms with van der Waals surface area (Å²) in [4.78, 5) is 14.1. The molecule has 2 unspecified atom stereocenters. The summed E-state index contributed by atoms with van der Waals surface area (Å²) in [6.45, 7) is 14.1. The predicted molar refractivity (Wildman–Crippen MR) is 95.8 cm³/mol. The number of allylic oxidation sites excluding steroid dienone is 1. The molecule has 1 amide bonds. The Bertz CT molecular complexity index is 457. The van der Waals surface area contributed by atoms with Gasteiger partial charge in [0.1, 0.15) is 5.60 Å². The lowest BCUT2D eigenvalue weighted by atomic mass is 10.0. The molecule has 0 bridgehead atoms. The molecule has 0 aromatic rings. The molecule has 1 heterocycles. The Labute approximate surface area is 142 Å². The van der Waals surface area contributed by atoms with Crippen molar-refractivity contribution in [1.29, 1.82) is 0 Å². The van der Waals surface area contributed by atoms with Gasteiger partial charge in [-0.15, -0.1) is 0 Å². The maximum atomic E-state index is 12.2. The highest BCUT2D eigenvalue weighted by atomic mass is 28.4. The molecule has 1 saturated heterocycles. The molecule has 2 atom stereocenters. The zero-order valence-corrected chi connectivity index (χ0v) is 16.6. The van der Waals surface area contributed by atoms with Gasteiger partial charge in [-0.1, -0.05) is 20.8 Å². The van der Waals surface area contributed by atoms with Crippen LogP contribution in [0.2, 0.25) is 18.1 Å². The van der Waals surface area contributed by atoms with Crippen molar-refractivity contribution in [2.75, 3.05) is 13.1 Å². The molecule has 5 heteroatoms. The number of rotatable bonds is 5. The Morgan fingerprint density at radius 1 is 1.22 bits per heavy atom. The van der Waals surface area contributed by atoms with Crippen LogP contribution in [0.5, 0.6) is 0 Å². The van der Waals surface area contributed by atoms with Gasteiger partial charge in [0.05, 0.1) is 5.76 Å². The molecular formula is C18H33NO3Si. The van der Waals surface area contributed by atoms with Crippen molar-refractivity contribution in [1.82, 2.24) is 4.90 Å². The monoisotopic (exact) mass is 339 g/mol. The van der Waals surface area contributed by atoms with Crippen molar-refractivity contribution in [3.05, 3.63) is 11.8 Å². The van der Waals surface area contributed by atoms with Gasteiger partial charge in [0.15, 0.2) is 0 Å². The van der Waals surface area contributed by atoms with Crippen LogP contribution in [-0.2, 0) is 9.16 Å². The van der Waals surface area contributed by atoms with Crippen molar-refractivity contribution in [2.24, 2.45) is 11.8 Å². The smallest absolute Gasteiger partial charge is 0.410 e. The molecule has 0 N–H and O–H groups in total. The third-order valence-corrected chi connectivity index (χ3v) is 9.85. The molecule has 0 saturated carbocycles. The van der Waals surface area contributed by atoms with Gasteiger partial charge in [-0.25, -0.2) is 4.79 Å². The maximum Gasteiger partial charge on any atom is 0.410 e. The van der Waals surface area contributed by atoms with Crippen LogP contribution in [0.4, 0.5) is 4.79 Å².